The number of hydrogen-bond acceptors (Lipinski definition) is 1. The second-order valence-electron chi connectivity index (χ2n) is 3.45. The van der Waals surface area contributed by atoms with Gasteiger partial charge in [-0.05, 0) is 19.8 Å². The number of amides is 2. The normalized spacial score (nSPS) is 11.2. The summed E-state index contributed by atoms with van der Waals surface area (Å²) < 4.78 is 0. The van der Waals surface area contributed by atoms with Crippen LogP contribution in [0, 0.1) is 0 Å². The molecule has 0 atom stereocenters. The van der Waals surface area contributed by atoms with Crippen LogP contribution in [0.2, 0.25) is 0 Å². The van der Waals surface area contributed by atoms with E-state index in [0.717, 1.165) is 19.4 Å². The van der Waals surface area contributed by atoms with E-state index in [-0.39, 0.29) is 6.03 Å². The minimum absolute atomic E-state index is 0.103. The van der Waals surface area contributed by atoms with E-state index in [2.05, 4.69) is 24.5 Å². The summed E-state index contributed by atoms with van der Waals surface area (Å²) in [7, 11) is 0. The third kappa shape index (κ3) is 7.65. The first-order valence-corrected chi connectivity index (χ1v) is 5.40. The molecular formula is C11H22N2O. The standard InChI is InChI=1S/C11H22N2O/c1-4-6-7-8-12-11(14)13-9-10(3)5-2/h9H,4-8H2,1-3H3,(H2,12,13,14)/b10-9+. The van der Waals surface area contributed by atoms with Crippen LogP contribution in [0.25, 0.3) is 0 Å². The first-order valence-electron chi connectivity index (χ1n) is 5.40. The molecule has 0 aromatic rings. The van der Waals surface area contributed by atoms with E-state index in [4.69, 9.17) is 0 Å². The van der Waals surface area contributed by atoms with E-state index in [1.54, 1.807) is 6.20 Å². The van der Waals surface area contributed by atoms with Crippen molar-refractivity contribution >= 4 is 6.03 Å². The Kier molecular flexibility index (Phi) is 7.99. The molecule has 0 aromatic carbocycles. The number of carbonyl (C=O) groups excluding carboxylic acids is 1. The average Bonchev–Trinajstić information content (AvgIpc) is 2.21. The molecule has 0 rings (SSSR count). The molecule has 0 fully saturated rings. The highest BCUT2D eigenvalue weighted by atomic mass is 16.2. The number of rotatable bonds is 6. The Morgan fingerprint density at radius 1 is 1.29 bits per heavy atom. The lowest BCUT2D eigenvalue weighted by Crippen LogP contribution is -2.32. The van der Waals surface area contributed by atoms with Crippen molar-refractivity contribution in [2.24, 2.45) is 0 Å². The van der Waals surface area contributed by atoms with Crippen molar-refractivity contribution in [2.45, 2.75) is 46.5 Å². The zero-order valence-corrected chi connectivity index (χ0v) is 9.52. The predicted octanol–water partition coefficient (Wildman–Crippen LogP) is 2.79. The molecular weight excluding hydrogens is 176 g/mol. The molecule has 14 heavy (non-hydrogen) atoms. The average molecular weight is 198 g/mol. The van der Waals surface area contributed by atoms with Crippen LogP contribution in [-0.2, 0) is 0 Å². The summed E-state index contributed by atoms with van der Waals surface area (Å²) in [5.74, 6) is 0. The number of hydrogen-bond donors (Lipinski definition) is 2. The van der Waals surface area contributed by atoms with Gasteiger partial charge < -0.3 is 10.6 Å². The van der Waals surface area contributed by atoms with Crippen LogP contribution in [0.3, 0.4) is 0 Å². The Balaban J connectivity index is 3.46. The molecule has 82 valence electrons. The van der Waals surface area contributed by atoms with Gasteiger partial charge in [-0.3, -0.25) is 0 Å². The summed E-state index contributed by atoms with van der Waals surface area (Å²) in [6.07, 6.45) is 6.13. The highest BCUT2D eigenvalue weighted by Crippen LogP contribution is 1.94. The van der Waals surface area contributed by atoms with Gasteiger partial charge in [-0.15, -0.1) is 0 Å². The summed E-state index contributed by atoms with van der Waals surface area (Å²) in [5, 5.41) is 5.50. The van der Waals surface area contributed by atoms with Crippen LogP contribution < -0.4 is 10.6 Å². The van der Waals surface area contributed by atoms with Crippen LogP contribution >= 0.6 is 0 Å². The fourth-order valence-electron chi connectivity index (χ4n) is 0.919. The predicted molar refractivity (Wildman–Crippen MR) is 60.1 cm³/mol. The molecule has 0 saturated heterocycles. The van der Waals surface area contributed by atoms with Crippen LogP contribution in [0.5, 0.6) is 0 Å². The molecule has 2 N–H and O–H groups in total. The first kappa shape index (κ1) is 13.0. The van der Waals surface area contributed by atoms with Gasteiger partial charge in [0.05, 0.1) is 0 Å². The Labute approximate surface area is 87.0 Å². The molecule has 2 amide bonds. The molecule has 0 aliphatic carbocycles. The molecule has 3 nitrogen and oxygen atoms in total. The second-order valence-corrected chi connectivity index (χ2v) is 3.45. The van der Waals surface area contributed by atoms with Gasteiger partial charge in [0, 0.05) is 12.7 Å². The van der Waals surface area contributed by atoms with Gasteiger partial charge in [0.1, 0.15) is 0 Å². The zero-order valence-electron chi connectivity index (χ0n) is 9.52. The lowest BCUT2D eigenvalue weighted by Gasteiger charge is -2.04. The van der Waals surface area contributed by atoms with Gasteiger partial charge in [0.2, 0.25) is 0 Å². The minimum Gasteiger partial charge on any atom is -0.338 e. The second kappa shape index (κ2) is 8.60. The van der Waals surface area contributed by atoms with E-state index in [1.165, 1.54) is 18.4 Å². The molecule has 0 aromatic heterocycles. The van der Waals surface area contributed by atoms with Crippen molar-refractivity contribution < 1.29 is 4.79 Å². The molecule has 0 heterocycles. The van der Waals surface area contributed by atoms with E-state index in [9.17, 15) is 4.79 Å². The molecule has 0 aliphatic heterocycles. The highest BCUT2D eigenvalue weighted by Gasteiger charge is 1.95. The van der Waals surface area contributed by atoms with Crippen molar-refractivity contribution in [2.75, 3.05) is 6.54 Å². The van der Waals surface area contributed by atoms with Crippen molar-refractivity contribution in [1.29, 1.82) is 0 Å². The van der Waals surface area contributed by atoms with Gasteiger partial charge in [-0.1, -0.05) is 32.3 Å². The van der Waals surface area contributed by atoms with Crippen molar-refractivity contribution in [3.63, 3.8) is 0 Å². The third-order valence-corrected chi connectivity index (χ3v) is 2.07. The van der Waals surface area contributed by atoms with E-state index in [0.29, 0.717) is 0 Å². The van der Waals surface area contributed by atoms with Crippen LogP contribution in [0.4, 0.5) is 4.79 Å². The molecule has 0 bridgehead atoms. The SMILES string of the molecule is CCCCCNC(=O)N/C=C(\C)CC. The maximum Gasteiger partial charge on any atom is 0.318 e. The summed E-state index contributed by atoms with van der Waals surface area (Å²) in [5.41, 5.74) is 1.17. The Morgan fingerprint density at radius 2 is 2.00 bits per heavy atom. The number of nitrogens with one attached hydrogen (secondary N) is 2. The fourth-order valence-corrected chi connectivity index (χ4v) is 0.919. The Hall–Kier alpha value is -0.990. The molecule has 3 heteroatoms. The number of unbranched alkanes of at least 4 members (excludes halogenated alkanes) is 2. The van der Waals surface area contributed by atoms with Gasteiger partial charge in [0.25, 0.3) is 0 Å². The smallest absolute Gasteiger partial charge is 0.318 e. The number of carbonyl (C=O) groups is 1. The fraction of sp³-hybridized carbons (Fsp3) is 0.727. The van der Waals surface area contributed by atoms with Crippen molar-refractivity contribution in [3.8, 4) is 0 Å². The number of urea groups is 1. The van der Waals surface area contributed by atoms with E-state index in [1.807, 2.05) is 6.92 Å². The van der Waals surface area contributed by atoms with Gasteiger partial charge in [-0.2, -0.15) is 0 Å². The maximum atomic E-state index is 11.2. The summed E-state index contributed by atoms with van der Waals surface area (Å²) in [4.78, 5) is 11.2. The van der Waals surface area contributed by atoms with Crippen molar-refractivity contribution in [1.82, 2.24) is 10.6 Å². The summed E-state index contributed by atoms with van der Waals surface area (Å²) in [6, 6.07) is -0.103. The zero-order chi connectivity index (χ0) is 10.8. The van der Waals surface area contributed by atoms with Crippen LogP contribution in [-0.4, -0.2) is 12.6 Å². The number of allylic oxidation sites excluding steroid dienone is 1. The molecule has 0 unspecified atom stereocenters. The maximum absolute atomic E-state index is 11.2. The van der Waals surface area contributed by atoms with Crippen LogP contribution in [0.15, 0.2) is 11.8 Å². The van der Waals surface area contributed by atoms with Crippen LogP contribution in [0.1, 0.15) is 46.5 Å². The van der Waals surface area contributed by atoms with Gasteiger partial charge in [-0.25, -0.2) is 4.79 Å². The Morgan fingerprint density at radius 3 is 2.57 bits per heavy atom. The largest absolute Gasteiger partial charge is 0.338 e. The lowest BCUT2D eigenvalue weighted by molar-refractivity contribution is 0.244. The third-order valence-electron chi connectivity index (χ3n) is 2.07. The molecule has 0 saturated carbocycles. The quantitative estimate of drug-likeness (QED) is 0.633. The topological polar surface area (TPSA) is 41.1 Å². The van der Waals surface area contributed by atoms with E-state index >= 15 is 0 Å². The molecule has 0 aliphatic rings. The van der Waals surface area contributed by atoms with Gasteiger partial charge in [0.15, 0.2) is 0 Å². The first-order chi connectivity index (χ1) is 6.70. The van der Waals surface area contributed by atoms with Crippen molar-refractivity contribution in [3.05, 3.63) is 11.8 Å². The van der Waals surface area contributed by atoms with Gasteiger partial charge >= 0.3 is 6.03 Å². The summed E-state index contributed by atoms with van der Waals surface area (Å²) >= 11 is 0. The Bertz CT molecular complexity index is 188. The summed E-state index contributed by atoms with van der Waals surface area (Å²) in [6.45, 7) is 6.97. The molecule has 0 radical (unpaired) electrons. The lowest BCUT2D eigenvalue weighted by atomic mass is 10.2. The molecule has 0 spiro atoms. The minimum atomic E-state index is -0.103. The van der Waals surface area contributed by atoms with E-state index < -0.39 is 0 Å². The highest BCUT2D eigenvalue weighted by molar-refractivity contribution is 5.74. The monoisotopic (exact) mass is 198 g/mol.